The molecule has 0 bridgehead atoms. The molecule has 2 N–H and O–H groups in total. The zero-order valence-corrected chi connectivity index (χ0v) is 10.9. The third-order valence-corrected chi connectivity index (χ3v) is 3.02. The van der Waals surface area contributed by atoms with Crippen molar-refractivity contribution >= 4 is 22.4 Å². The van der Waals surface area contributed by atoms with Gasteiger partial charge in [-0.1, -0.05) is 13.8 Å². The number of hydrogen-bond acceptors (Lipinski definition) is 4. The summed E-state index contributed by atoms with van der Waals surface area (Å²) >= 11 is 1.54. The van der Waals surface area contributed by atoms with E-state index in [2.05, 4.69) is 22.5 Å². The fourth-order valence-corrected chi connectivity index (χ4v) is 2.07. The third-order valence-electron chi connectivity index (χ3n) is 2.20. The molecular formula is C11H19N3OS. The molecule has 90 valence electrons. The maximum Gasteiger partial charge on any atom is 0.242 e. The van der Waals surface area contributed by atoms with Crippen LogP contribution in [-0.4, -0.2) is 23.5 Å². The van der Waals surface area contributed by atoms with E-state index < -0.39 is 0 Å². The SMILES string of the molecule is CCCNC(=O)C(C)Nc1nc(CC)cs1. The lowest BCUT2D eigenvalue weighted by molar-refractivity contribution is -0.121. The molecule has 1 unspecified atom stereocenters. The second kappa shape index (κ2) is 6.48. The average Bonchev–Trinajstić information content (AvgIpc) is 2.73. The zero-order chi connectivity index (χ0) is 12.0. The number of carbonyl (C=O) groups is 1. The highest BCUT2D eigenvalue weighted by Gasteiger charge is 2.12. The number of thiazole rings is 1. The van der Waals surface area contributed by atoms with Gasteiger partial charge in [-0.2, -0.15) is 0 Å². The van der Waals surface area contributed by atoms with Gasteiger partial charge in [0.05, 0.1) is 5.69 Å². The Bertz CT molecular complexity index is 338. The Morgan fingerprint density at radius 1 is 1.56 bits per heavy atom. The molecule has 1 rings (SSSR count). The topological polar surface area (TPSA) is 54.0 Å². The van der Waals surface area contributed by atoms with Crippen molar-refractivity contribution in [1.82, 2.24) is 10.3 Å². The number of carbonyl (C=O) groups excluding carboxylic acids is 1. The molecule has 1 atom stereocenters. The Labute approximate surface area is 100 Å². The number of aromatic nitrogens is 1. The van der Waals surface area contributed by atoms with E-state index in [-0.39, 0.29) is 11.9 Å². The summed E-state index contributed by atoms with van der Waals surface area (Å²) in [5, 5.41) is 8.78. The Kier molecular flexibility index (Phi) is 5.25. The minimum absolute atomic E-state index is 0.0232. The normalized spacial score (nSPS) is 12.2. The quantitative estimate of drug-likeness (QED) is 0.801. The van der Waals surface area contributed by atoms with Crippen LogP contribution >= 0.6 is 11.3 Å². The van der Waals surface area contributed by atoms with Crippen molar-refractivity contribution in [2.75, 3.05) is 11.9 Å². The molecule has 1 aromatic rings. The van der Waals surface area contributed by atoms with Gasteiger partial charge in [-0.15, -0.1) is 11.3 Å². The van der Waals surface area contributed by atoms with Gasteiger partial charge in [0.25, 0.3) is 0 Å². The molecule has 16 heavy (non-hydrogen) atoms. The Morgan fingerprint density at radius 2 is 2.31 bits per heavy atom. The monoisotopic (exact) mass is 241 g/mol. The molecule has 0 saturated heterocycles. The fourth-order valence-electron chi connectivity index (χ4n) is 1.19. The van der Waals surface area contributed by atoms with Crippen LogP contribution in [0.4, 0.5) is 5.13 Å². The number of nitrogens with one attached hydrogen (secondary N) is 2. The molecule has 0 aromatic carbocycles. The molecule has 5 heteroatoms. The Balaban J connectivity index is 2.43. The number of anilines is 1. The lowest BCUT2D eigenvalue weighted by atomic mass is 10.3. The summed E-state index contributed by atoms with van der Waals surface area (Å²) in [6.45, 7) is 6.67. The van der Waals surface area contributed by atoms with Gasteiger partial charge in [0.15, 0.2) is 5.13 Å². The van der Waals surface area contributed by atoms with E-state index in [1.165, 1.54) is 0 Å². The second-order valence-electron chi connectivity index (χ2n) is 3.65. The molecule has 1 amide bonds. The summed E-state index contributed by atoms with van der Waals surface area (Å²) in [5.74, 6) is 0.0232. The molecular weight excluding hydrogens is 222 g/mol. The van der Waals surface area contributed by atoms with Crippen LogP contribution in [0.5, 0.6) is 0 Å². The zero-order valence-electron chi connectivity index (χ0n) is 10.0. The van der Waals surface area contributed by atoms with Crippen LogP contribution in [0.2, 0.25) is 0 Å². The van der Waals surface area contributed by atoms with Gasteiger partial charge in [-0.3, -0.25) is 4.79 Å². The molecule has 0 aliphatic heterocycles. The van der Waals surface area contributed by atoms with Crippen molar-refractivity contribution < 1.29 is 4.79 Å². The van der Waals surface area contributed by atoms with Crippen molar-refractivity contribution in [3.63, 3.8) is 0 Å². The molecule has 0 aliphatic carbocycles. The van der Waals surface area contributed by atoms with E-state index in [0.29, 0.717) is 0 Å². The van der Waals surface area contributed by atoms with Crippen molar-refractivity contribution in [2.24, 2.45) is 0 Å². The van der Waals surface area contributed by atoms with Gasteiger partial charge < -0.3 is 10.6 Å². The van der Waals surface area contributed by atoms with Gasteiger partial charge in [-0.05, 0) is 19.8 Å². The highest BCUT2D eigenvalue weighted by Crippen LogP contribution is 2.16. The van der Waals surface area contributed by atoms with E-state index in [0.717, 1.165) is 30.2 Å². The maximum absolute atomic E-state index is 11.6. The maximum atomic E-state index is 11.6. The van der Waals surface area contributed by atoms with Crippen LogP contribution in [0, 0.1) is 0 Å². The van der Waals surface area contributed by atoms with E-state index >= 15 is 0 Å². The molecule has 0 fully saturated rings. The standard InChI is InChI=1S/C11H19N3OS/c1-4-6-12-10(15)8(3)13-11-14-9(5-2)7-16-11/h7-8H,4-6H2,1-3H3,(H,12,15)(H,13,14). The first-order chi connectivity index (χ1) is 7.67. The van der Waals surface area contributed by atoms with Crippen LogP contribution in [0.3, 0.4) is 0 Å². The molecule has 4 nitrogen and oxygen atoms in total. The van der Waals surface area contributed by atoms with Crippen LogP contribution in [0.15, 0.2) is 5.38 Å². The minimum atomic E-state index is -0.234. The summed E-state index contributed by atoms with van der Waals surface area (Å²) in [5.41, 5.74) is 1.06. The van der Waals surface area contributed by atoms with Gasteiger partial charge in [-0.25, -0.2) is 4.98 Å². The number of aryl methyl sites for hydroxylation is 1. The van der Waals surface area contributed by atoms with Crippen molar-refractivity contribution in [2.45, 2.75) is 39.7 Å². The first-order valence-electron chi connectivity index (χ1n) is 5.66. The van der Waals surface area contributed by atoms with Gasteiger partial charge >= 0.3 is 0 Å². The van der Waals surface area contributed by atoms with Gasteiger partial charge in [0.1, 0.15) is 6.04 Å². The minimum Gasteiger partial charge on any atom is -0.354 e. The summed E-state index contributed by atoms with van der Waals surface area (Å²) in [7, 11) is 0. The van der Waals surface area contributed by atoms with E-state index in [9.17, 15) is 4.79 Å². The third kappa shape index (κ3) is 3.81. The summed E-state index contributed by atoms with van der Waals surface area (Å²) in [4.78, 5) is 15.9. The van der Waals surface area contributed by atoms with Gasteiger partial charge in [0, 0.05) is 11.9 Å². The van der Waals surface area contributed by atoms with Crippen molar-refractivity contribution in [3.05, 3.63) is 11.1 Å². The number of amides is 1. The molecule has 1 aromatic heterocycles. The Morgan fingerprint density at radius 3 is 2.88 bits per heavy atom. The predicted octanol–water partition coefficient (Wildman–Crippen LogP) is 2.03. The van der Waals surface area contributed by atoms with E-state index in [1.807, 2.05) is 19.2 Å². The Hall–Kier alpha value is -1.10. The predicted molar refractivity (Wildman–Crippen MR) is 67.9 cm³/mol. The molecule has 0 aliphatic rings. The summed E-state index contributed by atoms with van der Waals surface area (Å²) < 4.78 is 0. The lowest BCUT2D eigenvalue weighted by Crippen LogP contribution is -2.37. The highest BCUT2D eigenvalue weighted by molar-refractivity contribution is 7.13. The number of hydrogen-bond donors (Lipinski definition) is 2. The first-order valence-corrected chi connectivity index (χ1v) is 6.54. The van der Waals surface area contributed by atoms with Crippen LogP contribution in [0.1, 0.15) is 32.9 Å². The lowest BCUT2D eigenvalue weighted by Gasteiger charge is -2.12. The summed E-state index contributed by atoms with van der Waals surface area (Å²) in [6, 6.07) is -0.234. The highest BCUT2D eigenvalue weighted by atomic mass is 32.1. The molecule has 1 heterocycles. The van der Waals surface area contributed by atoms with Crippen LogP contribution < -0.4 is 10.6 Å². The molecule has 0 spiro atoms. The van der Waals surface area contributed by atoms with Crippen molar-refractivity contribution in [1.29, 1.82) is 0 Å². The van der Waals surface area contributed by atoms with Crippen LogP contribution in [0.25, 0.3) is 0 Å². The molecule has 0 saturated carbocycles. The average molecular weight is 241 g/mol. The van der Waals surface area contributed by atoms with Crippen molar-refractivity contribution in [3.8, 4) is 0 Å². The number of rotatable bonds is 6. The smallest absolute Gasteiger partial charge is 0.242 e. The van der Waals surface area contributed by atoms with Gasteiger partial charge in [0.2, 0.25) is 5.91 Å². The second-order valence-corrected chi connectivity index (χ2v) is 4.51. The fraction of sp³-hybridized carbons (Fsp3) is 0.636. The number of nitrogens with zero attached hydrogens (tertiary/aromatic N) is 1. The summed E-state index contributed by atoms with van der Waals surface area (Å²) in [6.07, 6.45) is 1.88. The largest absolute Gasteiger partial charge is 0.354 e. The van der Waals surface area contributed by atoms with E-state index in [4.69, 9.17) is 0 Å². The molecule has 0 radical (unpaired) electrons. The first kappa shape index (κ1) is 13.0. The van der Waals surface area contributed by atoms with Crippen LogP contribution in [-0.2, 0) is 11.2 Å². The van der Waals surface area contributed by atoms with E-state index in [1.54, 1.807) is 11.3 Å².